The molecule has 7 heteroatoms. The summed E-state index contributed by atoms with van der Waals surface area (Å²) < 4.78 is 0. The van der Waals surface area contributed by atoms with Gasteiger partial charge in [-0.05, 0) is 35.7 Å². The largest absolute Gasteiger partial charge is 0.390 e. The summed E-state index contributed by atoms with van der Waals surface area (Å²) in [7, 11) is 0. The molecule has 0 saturated carbocycles. The Morgan fingerprint density at radius 2 is 1.71 bits per heavy atom. The number of likely N-dealkylation sites (tertiary alicyclic amines) is 1. The molecule has 160 valence electrons. The second-order valence-corrected chi connectivity index (χ2v) is 8.67. The van der Waals surface area contributed by atoms with Crippen molar-refractivity contribution in [3.8, 4) is 0 Å². The van der Waals surface area contributed by atoms with Crippen molar-refractivity contribution in [2.45, 2.75) is 12.1 Å². The van der Waals surface area contributed by atoms with Crippen LogP contribution in [-0.2, 0) is 0 Å². The van der Waals surface area contributed by atoms with Crippen molar-refractivity contribution < 1.29 is 9.90 Å². The van der Waals surface area contributed by atoms with Gasteiger partial charge in [0.05, 0.1) is 12.1 Å². The monoisotopic (exact) mass is 436 g/mol. The fourth-order valence-electron chi connectivity index (χ4n) is 4.69. The molecule has 0 bridgehead atoms. The molecule has 3 heterocycles. The third-order valence-corrected chi connectivity index (χ3v) is 6.62. The van der Waals surface area contributed by atoms with Gasteiger partial charge in [0.2, 0.25) is 0 Å². The van der Waals surface area contributed by atoms with Gasteiger partial charge in [-0.15, -0.1) is 0 Å². The molecule has 2 aromatic carbocycles. The molecule has 6 nitrogen and oxygen atoms in total. The number of fused-ring (bicyclic) bond motifs is 1. The number of nitrogens with zero attached hydrogens (tertiary/aromatic N) is 4. The van der Waals surface area contributed by atoms with E-state index in [0.29, 0.717) is 23.7 Å². The van der Waals surface area contributed by atoms with Crippen molar-refractivity contribution >= 4 is 34.1 Å². The number of hydrogen-bond acceptors (Lipinski definition) is 5. The third-order valence-electron chi connectivity index (χ3n) is 6.37. The number of rotatable bonds is 3. The van der Waals surface area contributed by atoms with Gasteiger partial charge >= 0.3 is 0 Å². The Hall–Kier alpha value is -2.67. The van der Waals surface area contributed by atoms with Gasteiger partial charge in [-0.2, -0.15) is 0 Å². The quantitative estimate of drug-likeness (QED) is 0.684. The summed E-state index contributed by atoms with van der Waals surface area (Å²) in [4.78, 5) is 23.8. The zero-order valence-electron chi connectivity index (χ0n) is 17.2. The minimum absolute atomic E-state index is 0.0427. The van der Waals surface area contributed by atoms with Crippen LogP contribution in [0.1, 0.15) is 10.4 Å². The first kappa shape index (κ1) is 20.2. The van der Waals surface area contributed by atoms with Crippen LogP contribution in [0.15, 0.2) is 60.8 Å². The predicted octanol–water partition coefficient (Wildman–Crippen LogP) is 2.90. The van der Waals surface area contributed by atoms with Crippen LogP contribution >= 0.6 is 11.6 Å². The molecule has 2 atom stereocenters. The zero-order valence-corrected chi connectivity index (χ0v) is 17.9. The molecule has 2 aliphatic heterocycles. The lowest BCUT2D eigenvalue weighted by atomic mass is 10.1. The van der Waals surface area contributed by atoms with Crippen LogP contribution in [0, 0.1) is 0 Å². The number of anilines is 1. The first-order valence-corrected chi connectivity index (χ1v) is 11.0. The van der Waals surface area contributed by atoms with E-state index >= 15 is 0 Å². The van der Waals surface area contributed by atoms with Crippen LogP contribution in [0.4, 0.5) is 5.82 Å². The molecule has 31 heavy (non-hydrogen) atoms. The summed E-state index contributed by atoms with van der Waals surface area (Å²) in [5.41, 5.74) is 0.601. The Bertz CT molecular complexity index is 1080. The van der Waals surface area contributed by atoms with E-state index in [0.717, 1.165) is 32.0 Å². The number of aliphatic hydroxyl groups is 1. The number of piperazine rings is 1. The van der Waals surface area contributed by atoms with E-state index in [9.17, 15) is 9.90 Å². The first-order valence-electron chi connectivity index (χ1n) is 10.7. The maximum absolute atomic E-state index is 12.8. The number of pyridine rings is 1. The minimum atomic E-state index is -0.543. The van der Waals surface area contributed by atoms with Crippen LogP contribution in [0.25, 0.3) is 10.8 Å². The Kier molecular flexibility index (Phi) is 5.52. The van der Waals surface area contributed by atoms with E-state index in [1.54, 1.807) is 29.2 Å². The Labute approximate surface area is 186 Å². The predicted molar refractivity (Wildman–Crippen MR) is 123 cm³/mol. The number of halogens is 1. The molecule has 0 aliphatic carbocycles. The molecule has 2 saturated heterocycles. The second-order valence-electron chi connectivity index (χ2n) is 8.23. The smallest absolute Gasteiger partial charge is 0.253 e. The number of aromatic nitrogens is 1. The van der Waals surface area contributed by atoms with Crippen LogP contribution in [0.5, 0.6) is 0 Å². The third kappa shape index (κ3) is 3.99. The molecule has 5 rings (SSSR count). The molecular formula is C24H25ClN4O2. The van der Waals surface area contributed by atoms with Gasteiger partial charge in [0, 0.05) is 61.4 Å². The van der Waals surface area contributed by atoms with E-state index in [4.69, 9.17) is 11.6 Å². The topological polar surface area (TPSA) is 59.9 Å². The SMILES string of the molecule is O=C(c1ccc(Cl)cc1)N1C[C@@H](O)[C@H](N2CCN(c3nccc4ccccc34)CC2)C1. The van der Waals surface area contributed by atoms with Crippen LogP contribution in [0.2, 0.25) is 5.02 Å². The number of amides is 1. The number of carbonyl (C=O) groups is 1. The lowest BCUT2D eigenvalue weighted by Crippen LogP contribution is -2.54. The van der Waals surface area contributed by atoms with Crippen molar-refractivity contribution in [1.29, 1.82) is 0 Å². The highest BCUT2D eigenvalue weighted by atomic mass is 35.5. The van der Waals surface area contributed by atoms with E-state index in [-0.39, 0.29) is 11.9 Å². The van der Waals surface area contributed by atoms with Gasteiger partial charge in [0.25, 0.3) is 5.91 Å². The normalized spacial score (nSPS) is 22.3. The van der Waals surface area contributed by atoms with E-state index in [1.165, 1.54) is 10.8 Å². The Balaban J connectivity index is 1.24. The first-order chi connectivity index (χ1) is 15.1. The zero-order chi connectivity index (χ0) is 21.4. The fraction of sp³-hybridized carbons (Fsp3) is 0.333. The number of aliphatic hydroxyl groups excluding tert-OH is 1. The number of hydrogen-bond donors (Lipinski definition) is 1. The standard InChI is InChI=1S/C24H25ClN4O2/c25-19-7-5-18(6-8-19)24(31)29-15-21(22(30)16-29)27-11-13-28(14-12-27)23-20-4-2-1-3-17(20)9-10-26-23/h1-10,21-22,30H,11-16H2/t21-,22-/m1/s1. The molecule has 2 aliphatic rings. The van der Waals surface area contributed by atoms with Gasteiger partial charge in [0.15, 0.2) is 0 Å². The van der Waals surface area contributed by atoms with Gasteiger partial charge in [-0.25, -0.2) is 4.98 Å². The molecule has 1 amide bonds. The Morgan fingerprint density at radius 3 is 2.48 bits per heavy atom. The average molecular weight is 437 g/mol. The highest BCUT2D eigenvalue weighted by molar-refractivity contribution is 6.30. The number of carbonyl (C=O) groups excluding carboxylic acids is 1. The second kappa shape index (κ2) is 8.46. The fourth-order valence-corrected chi connectivity index (χ4v) is 4.82. The Morgan fingerprint density at radius 1 is 0.968 bits per heavy atom. The van der Waals surface area contributed by atoms with Crippen LogP contribution < -0.4 is 4.90 Å². The molecule has 1 N–H and O–H groups in total. The summed E-state index contributed by atoms with van der Waals surface area (Å²) >= 11 is 5.93. The van der Waals surface area contributed by atoms with Crippen LogP contribution in [-0.4, -0.2) is 77.2 Å². The maximum Gasteiger partial charge on any atom is 0.253 e. The molecule has 0 unspecified atom stereocenters. The molecule has 1 aromatic heterocycles. The number of benzene rings is 2. The summed E-state index contributed by atoms with van der Waals surface area (Å²) in [6.07, 6.45) is 1.32. The minimum Gasteiger partial charge on any atom is -0.390 e. The summed E-state index contributed by atoms with van der Waals surface area (Å²) in [5.74, 6) is 0.959. The average Bonchev–Trinajstić information content (AvgIpc) is 3.20. The van der Waals surface area contributed by atoms with E-state index < -0.39 is 6.10 Å². The van der Waals surface area contributed by atoms with Crippen molar-refractivity contribution in [2.75, 3.05) is 44.2 Å². The van der Waals surface area contributed by atoms with Crippen molar-refractivity contribution in [2.24, 2.45) is 0 Å². The van der Waals surface area contributed by atoms with Gasteiger partial charge < -0.3 is 14.9 Å². The van der Waals surface area contributed by atoms with E-state index in [2.05, 4.69) is 26.9 Å². The maximum atomic E-state index is 12.8. The van der Waals surface area contributed by atoms with Crippen molar-refractivity contribution in [1.82, 2.24) is 14.8 Å². The summed E-state index contributed by atoms with van der Waals surface area (Å²) in [6, 6.07) is 17.2. The van der Waals surface area contributed by atoms with Crippen LogP contribution in [0.3, 0.4) is 0 Å². The highest BCUT2D eigenvalue weighted by Crippen LogP contribution is 2.27. The van der Waals surface area contributed by atoms with Crippen molar-refractivity contribution in [3.05, 3.63) is 71.4 Å². The summed E-state index contributed by atoms with van der Waals surface area (Å²) in [5, 5.41) is 13.7. The van der Waals surface area contributed by atoms with Gasteiger partial charge in [-0.3, -0.25) is 9.69 Å². The molecular weight excluding hydrogens is 412 g/mol. The lowest BCUT2D eigenvalue weighted by Gasteiger charge is -2.39. The van der Waals surface area contributed by atoms with Gasteiger partial charge in [0.1, 0.15) is 5.82 Å². The molecule has 0 radical (unpaired) electrons. The van der Waals surface area contributed by atoms with E-state index in [1.807, 2.05) is 24.4 Å². The lowest BCUT2D eigenvalue weighted by molar-refractivity contribution is 0.0754. The number of β-amino-alcohol motifs (C(OH)–C–C–N with tert-alkyl or cyclic N) is 1. The molecule has 2 fully saturated rings. The highest BCUT2D eigenvalue weighted by Gasteiger charge is 2.39. The molecule has 3 aromatic rings. The van der Waals surface area contributed by atoms with Gasteiger partial charge in [-0.1, -0.05) is 35.9 Å². The molecule has 0 spiro atoms. The van der Waals surface area contributed by atoms with Crippen molar-refractivity contribution in [3.63, 3.8) is 0 Å². The summed E-state index contributed by atoms with van der Waals surface area (Å²) in [6.45, 7) is 4.24.